The zero-order valence-corrected chi connectivity index (χ0v) is 36.0. The fourth-order valence-corrected chi connectivity index (χ4v) is 13.7. The second-order valence-corrected chi connectivity index (χ2v) is 20.8. The molecule has 0 radical (unpaired) electrons. The molecule has 0 amide bonds. The summed E-state index contributed by atoms with van der Waals surface area (Å²) in [6.45, 7) is 10.3. The molecule has 0 aromatic heterocycles. The van der Waals surface area contributed by atoms with E-state index in [0.717, 1.165) is 38.5 Å². The molecule has 0 aromatic carbocycles. The van der Waals surface area contributed by atoms with Gasteiger partial charge in [0, 0.05) is 30.1 Å². The first-order valence-electron chi connectivity index (χ1n) is 22.9. The molecule has 8 fully saturated rings. The molecule has 9 aliphatic rings. The van der Waals surface area contributed by atoms with Crippen molar-refractivity contribution in [2.45, 2.75) is 202 Å². The molecular weight excluding hydrogens is 800 g/mol. The molecular formula is C44H70O17. The molecule has 5 aliphatic heterocycles. The Morgan fingerprint density at radius 3 is 2.20 bits per heavy atom. The highest BCUT2D eigenvalue weighted by atomic mass is 16.8. The maximum Gasteiger partial charge on any atom is 0.187 e. The fraction of sp³-hybridized carbons (Fsp3) is 0.955. The highest BCUT2D eigenvalue weighted by molar-refractivity contribution is 5.29. The van der Waals surface area contributed by atoms with E-state index in [0.29, 0.717) is 31.8 Å². The number of hydrogen-bond donors (Lipinski definition) is 9. The Balaban J connectivity index is 0.925. The number of allylic oxidation sites excluding steroid dienone is 1. The van der Waals surface area contributed by atoms with Crippen LogP contribution in [0.1, 0.15) is 92.4 Å². The number of aliphatic hydroxyl groups excluding tert-OH is 8. The van der Waals surface area contributed by atoms with Crippen molar-refractivity contribution in [3.63, 3.8) is 0 Å². The van der Waals surface area contributed by atoms with Crippen LogP contribution in [0.5, 0.6) is 0 Å². The van der Waals surface area contributed by atoms with Crippen LogP contribution in [0.2, 0.25) is 0 Å². The SMILES string of the molecule is CC1OC(OC2C(OC3CCC4(C)C(=CCC5C4CCC4(C)C6C(CC54O)OC4(CC[C@@H](C)CO4)C6C)C3)OC(CO)C(OC3OCC(O)C(O)C3O)C2O)C(O)C(O)C1O. The number of ether oxygens (including phenoxy) is 8. The maximum atomic E-state index is 13.0. The molecule has 5 heterocycles. The van der Waals surface area contributed by atoms with Crippen molar-refractivity contribution in [2.75, 3.05) is 19.8 Å². The van der Waals surface area contributed by atoms with Crippen LogP contribution in [0.15, 0.2) is 11.6 Å². The average Bonchev–Trinajstić information content (AvgIpc) is 3.63. The summed E-state index contributed by atoms with van der Waals surface area (Å²) in [5.41, 5.74) is -0.160. The minimum Gasteiger partial charge on any atom is -0.394 e. The lowest BCUT2D eigenvalue weighted by Crippen LogP contribution is -2.66. The highest BCUT2D eigenvalue weighted by Gasteiger charge is 2.74. The van der Waals surface area contributed by atoms with E-state index < -0.39 is 110 Å². The van der Waals surface area contributed by atoms with Gasteiger partial charge in [0.15, 0.2) is 24.7 Å². The summed E-state index contributed by atoms with van der Waals surface area (Å²) in [4.78, 5) is 0. The Kier molecular flexibility index (Phi) is 12.2. The minimum atomic E-state index is -1.73. The van der Waals surface area contributed by atoms with Crippen molar-refractivity contribution in [2.24, 2.45) is 40.4 Å². The molecule has 61 heavy (non-hydrogen) atoms. The molecule has 0 aromatic rings. The first-order chi connectivity index (χ1) is 28.9. The average molecular weight is 871 g/mol. The van der Waals surface area contributed by atoms with Gasteiger partial charge in [-0.25, -0.2) is 0 Å². The van der Waals surface area contributed by atoms with Crippen LogP contribution < -0.4 is 0 Å². The maximum absolute atomic E-state index is 13.0. The first-order valence-corrected chi connectivity index (χ1v) is 22.9. The molecule has 17 heteroatoms. The summed E-state index contributed by atoms with van der Waals surface area (Å²) < 4.78 is 49.5. The van der Waals surface area contributed by atoms with Crippen molar-refractivity contribution in [3.8, 4) is 0 Å². The van der Waals surface area contributed by atoms with E-state index in [2.05, 4.69) is 33.8 Å². The lowest BCUT2D eigenvalue weighted by atomic mass is 9.45. The largest absolute Gasteiger partial charge is 0.394 e. The number of fused-ring (bicyclic) bond motifs is 7. The van der Waals surface area contributed by atoms with Gasteiger partial charge in [-0.3, -0.25) is 0 Å². The summed E-state index contributed by atoms with van der Waals surface area (Å²) in [7, 11) is 0. The topological polar surface area (TPSA) is 256 Å². The predicted molar refractivity (Wildman–Crippen MR) is 210 cm³/mol. The van der Waals surface area contributed by atoms with E-state index in [9.17, 15) is 46.0 Å². The highest BCUT2D eigenvalue weighted by Crippen LogP contribution is 2.72. The molecule has 3 saturated carbocycles. The van der Waals surface area contributed by atoms with Crippen molar-refractivity contribution < 1.29 is 83.9 Å². The molecule has 4 aliphatic carbocycles. The molecule has 1 spiro atoms. The predicted octanol–water partition coefficient (Wildman–Crippen LogP) is -0.0319. The Hall–Kier alpha value is -0.940. The van der Waals surface area contributed by atoms with Gasteiger partial charge in [-0.1, -0.05) is 39.3 Å². The zero-order valence-electron chi connectivity index (χ0n) is 36.0. The van der Waals surface area contributed by atoms with Gasteiger partial charge in [-0.05, 0) is 75.0 Å². The summed E-state index contributed by atoms with van der Waals surface area (Å²) in [5, 5.41) is 98.1. The third-order valence-corrected chi connectivity index (χ3v) is 17.5. The molecule has 9 N–H and O–H groups in total. The van der Waals surface area contributed by atoms with Crippen LogP contribution in [-0.4, -0.2) is 175 Å². The van der Waals surface area contributed by atoms with Gasteiger partial charge in [0.05, 0.1) is 43.7 Å². The second-order valence-electron chi connectivity index (χ2n) is 20.8. The standard InChI is InChI=1S/C44H70O17/c1-19-8-13-44(55-17-19)20(2)29-27(61-44)15-43(53)25-7-6-22-14-23(9-11-41(22,4)24(25)10-12-42(29,43)5)57-40-37(60-39-34(51)32(49)30(47)21(3)56-39)35(52)36(28(16-45)58-40)59-38-33(50)31(48)26(46)18-54-38/h6,19-21,23-40,45-53H,7-18H2,1-5H3/t19-,20?,21?,23?,24?,25?,26?,27?,28?,29?,30?,31?,32?,33?,34?,35?,36?,37?,38?,39?,40?,41?,42?,43?,44?/m1/s1. The molecule has 25 atom stereocenters. The van der Waals surface area contributed by atoms with Gasteiger partial charge in [0.2, 0.25) is 0 Å². The molecule has 0 bridgehead atoms. The molecule has 9 rings (SSSR count). The van der Waals surface area contributed by atoms with Gasteiger partial charge in [0.25, 0.3) is 0 Å². The van der Waals surface area contributed by atoms with Gasteiger partial charge in [0.1, 0.15) is 61.0 Å². The lowest BCUT2D eigenvalue weighted by molar-refractivity contribution is -0.385. The third-order valence-electron chi connectivity index (χ3n) is 17.5. The van der Waals surface area contributed by atoms with Gasteiger partial charge < -0.3 is 83.9 Å². The van der Waals surface area contributed by atoms with Crippen LogP contribution in [0.4, 0.5) is 0 Å². The Labute approximate surface area is 357 Å². The quantitative estimate of drug-likeness (QED) is 0.152. The normalized spacial score (nSPS) is 58.4. The molecule has 24 unspecified atom stereocenters. The Bertz CT molecular complexity index is 1610. The van der Waals surface area contributed by atoms with Crippen LogP contribution >= 0.6 is 0 Å². The number of aliphatic hydroxyl groups is 9. The van der Waals surface area contributed by atoms with Crippen LogP contribution in [-0.2, 0) is 37.9 Å². The first kappa shape index (κ1) is 45.2. The van der Waals surface area contributed by atoms with Crippen LogP contribution in [0.3, 0.4) is 0 Å². The zero-order chi connectivity index (χ0) is 43.6. The van der Waals surface area contributed by atoms with Crippen LogP contribution in [0, 0.1) is 40.4 Å². The van der Waals surface area contributed by atoms with Gasteiger partial charge in [-0.15, -0.1) is 0 Å². The van der Waals surface area contributed by atoms with E-state index in [4.69, 9.17) is 37.9 Å². The lowest BCUT2D eigenvalue weighted by Gasteiger charge is -2.62. The van der Waals surface area contributed by atoms with Crippen molar-refractivity contribution in [1.29, 1.82) is 0 Å². The Morgan fingerprint density at radius 1 is 0.738 bits per heavy atom. The molecule has 17 nitrogen and oxygen atoms in total. The number of rotatable bonds is 7. The Morgan fingerprint density at radius 2 is 1.48 bits per heavy atom. The second kappa shape index (κ2) is 16.4. The van der Waals surface area contributed by atoms with E-state index >= 15 is 0 Å². The van der Waals surface area contributed by atoms with Crippen LogP contribution in [0.25, 0.3) is 0 Å². The third kappa shape index (κ3) is 7.14. The van der Waals surface area contributed by atoms with E-state index in [1.165, 1.54) is 12.5 Å². The molecule has 5 saturated heterocycles. The van der Waals surface area contributed by atoms with E-state index in [1.54, 1.807) is 0 Å². The summed E-state index contributed by atoms with van der Waals surface area (Å²) >= 11 is 0. The fourth-order valence-electron chi connectivity index (χ4n) is 13.7. The number of hydrogen-bond acceptors (Lipinski definition) is 17. The summed E-state index contributed by atoms with van der Waals surface area (Å²) in [6.07, 6.45) is -11.8. The van der Waals surface area contributed by atoms with Crippen molar-refractivity contribution in [3.05, 3.63) is 11.6 Å². The van der Waals surface area contributed by atoms with E-state index in [1.807, 2.05) is 0 Å². The monoisotopic (exact) mass is 870 g/mol. The van der Waals surface area contributed by atoms with E-state index in [-0.39, 0.29) is 47.2 Å². The van der Waals surface area contributed by atoms with Crippen molar-refractivity contribution >= 4 is 0 Å². The summed E-state index contributed by atoms with van der Waals surface area (Å²) in [6, 6.07) is 0. The van der Waals surface area contributed by atoms with Crippen molar-refractivity contribution in [1.82, 2.24) is 0 Å². The van der Waals surface area contributed by atoms with Gasteiger partial charge >= 0.3 is 0 Å². The van der Waals surface area contributed by atoms with Gasteiger partial charge in [-0.2, -0.15) is 0 Å². The smallest absolute Gasteiger partial charge is 0.187 e. The molecule has 348 valence electrons. The minimum absolute atomic E-state index is 0.0513. The summed E-state index contributed by atoms with van der Waals surface area (Å²) in [5.74, 6) is 0.647.